The summed E-state index contributed by atoms with van der Waals surface area (Å²) in [6.07, 6.45) is 2.24. The van der Waals surface area contributed by atoms with E-state index in [2.05, 4.69) is 0 Å². The number of carbonyl (C=O) groups is 1. The Bertz CT molecular complexity index is 355. The number of alkyl halides is 3. The Hall–Kier alpha value is 0.390. The Labute approximate surface area is 113 Å². The van der Waals surface area contributed by atoms with Gasteiger partial charge >= 0.3 is 0 Å². The summed E-state index contributed by atoms with van der Waals surface area (Å²) >= 11 is 18.9. The molecule has 3 nitrogen and oxygen atoms in total. The van der Waals surface area contributed by atoms with Crippen molar-refractivity contribution in [2.45, 2.75) is 33.8 Å². The van der Waals surface area contributed by atoms with Gasteiger partial charge in [0, 0.05) is 17.9 Å². The summed E-state index contributed by atoms with van der Waals surface area (Å²) in [5.41, 5.74) is 6.74. The highest BCUT2D eigenvalue weighted by atomic mass is 35.6. The van der Waals surface area contributed by atoms with Gasteiger partial charge in [0.25, 0.3) is 0 Å². The number of hydrogen-bond donors (Lipinski definition) is 1. The minimum absolute atomic E-state index is 0.00597. The van der Waals surface area contributed by atoms with E-state index >= 15 is 0 Å². The highest BCUT2D eigenvalue weighted by Gasteiger charge is 2.48. The van der Waals surface area contributed by atoms with Crippen molar-refractivity contribution in [3.05, 3.63) is 11.8 Å². The molecule has 90 valence electrons. The molecular weight excluding hydrogens is 291 g/mol. The van der Waals surface area contributed by atoms with Crippen LogP contribution in [0.25, 0.3) is 0 Å². The minimum atomic E-state index is -1.27. The molecule has 1 fully saturated rings. The lowest BCUT2D eigenvalue weighted by Gasteiger charge is -2.48. The lowest BCUT2D eigenvalue weighted by Crippen LogP contribution is -2.66. The van der Waals surface area contributed by atoms with Crippen LogP contribution in [0, 0.1) is 0 Å². The third-order valence-electron chi connectivity index (χ3n) is 2.69. The predicted octanol–water partition coefficient (Wildman–Crippen LogP) is 2.26. The second-order valence-corrected chi connectivity index (χ2v) is 7.82. The maximum Gasteiger partial charge on any atom is 0.247 e. The number of nitrogens with zero attached hydrogens (tertiary/aromatic N) is 1. The molecule has 7 heteroatoms. The van der Waals surface area contributed by atoms with E-state index in [4.69, 9.17) is 40.5 Å². The van der Waals surface area contributed by atoms with E-state index in [-0.39, 0.29) is 16.5 Å². The Morgan fingerprint density at radius 3 is 2.75 bits per heavy atom. The molecule has 16 heavy (non-hydrogen) atoms. The molecule has 3 atom stereocenters. The van der Waals surface area contributed by atoms with Crippen LogP contribution in [0.4, 0.5) is 0 Å². The first kappa shape index (κ1) is 12.8. The van der Waals surface area contributed by atoms with Gasteiger partial charge in [-0.1, -0.05) is 34.8 Å². The number of halogens is 3. The van der Waals surface area contributed by atoms with Gasteiger partial charge in [0.15, 0.2) is 3.79 Å². The summed E-state index contributed by atoms with van der Waals surface area (Å²) in [6.45, 7) is 1.93. The van der Waals surface area contributed by atoms with Crippen LogP contribution >= 0.6 is 46.6 Å². The van der Waals surface area contributed by atoms with Gasteiger partial charge in [-0.3, -0.25) is 4.79 Å². The van der Waals surface area contributed by atoms with Crippen LogP contribution in [-0.4, -0.2) is 31.3 Å². The summed E-state index contributed by atoms with van der Waals surface area (Å²) < 4.78 is -1.27. The molecule has 1 saturated heterocycles. The fourth-order valence-electron chi connectivity index (χ4n) is 1.80. The molecule has 2 unspecified atom stereocenters. The fraction of sp³-hybridized carbons (Fsp3) is 0.667. The molecule has 0 radical (unpaired) electrons. The second-order valence-electron chi connectivity index (χ2n) is 3.98. The molecule has 2 aliphatic rings. The highest BCUT2D eigenvalue weighted by Crippen LogP contribution is 2.45. The quantitative estimate of drug-likeness (QED) is 0.597. The molecule has 0 aliphatic carbocycles. The number of amides is 1. The van der Waals surface area contributed by atoms with Gasteiger partial charge in [0.2, 0.25) is 5.91 Å². The van der Waals surface area contributed by atoms with Crippen molar-refractivity contribution in [2.75, 3.05) is 0 Å². The van der Waals surface area contributed by atoms with Crippen LogP contribution in [0.1, 0.15) is 13.3 Å². The van der Waals surface area contributed by atoms with Crippen molar-refractivity contribution in [3.8, 4) is 0 Å². The number of carbonyl (C=O) groups excluding carboxylic acids is 1. The summed E-state index contributed by atoms with van der Waals surface area (Å²) in [6, 6.07) is -0.424. The van der Waals surface area contributed by atoms with E-state index in [1.54, 1.807) is 16.7 Å². The van der Waals surface area contributed by atoms with Gasteiger partial charge in [-0.05, 0) is 12.5 Å². The molecular formula is C9H11Cl3N2OS. The number of fused-ring (bicyclic) bond motifs is 1. The highest BCUT2D eigenvalue weighted by molar-refractivity contribution is 8.00. The number of nitrogens with two attached hydrogens (primary N) is 1. The van der Waals surface area contributed by atoms with Crippen LogP contribution in [0.3, 0.4) is 0 Å². The Kier molecular flexibility index (Phi) is 3.41. The Balaban J connectivity index is 2.11. The van der Waals surface area contributed by atoms with E-state index < -0.39 is 9.83 Å². The van der Waals surface area contributed by atoms with E-state index in [9.17, 15) is 4.79 Å². The normalized spacial score (nSPS) is 34.3. The van der Waals surface area contributed by atoms with Crippen molar-refractivity contribution in [1.82, 2.24) is 4.90 Å². The molecule has 0 aromatic carbocycles. The van der Waals surface area contributed by atoms with Gasteiger partial charge < -0.3 is 10.6 Å². The molecule has 1 amide bonds. The number of rotatable bonds is 1. The van der Waals surface area contributed by atoms with E-state index in [1.165, 1.54) is 0 Å². The minimum Gasteiger partial charge on any atom is -0.317 e. The number of β-lactam (4-membered cyclic amide) rings is 1. The maximum absolute atomic E-state index is 11.4. The molecule has 2 aliphatic heterocycles. The van der Waals surface area contributed by atoms with Gasteiger partial charge in [0.1, 0.15) is 11.4 Å². The van der Waals surface area contributed by atoms with Crippen LogP contribution in [0.2, 0.25) is 0 Å². The van der Waals surface area contributed by atoms with Crippen LogP contribution in [0.5, 0.6) is 0 Å². The summed E-state index contributed by atoms with van der Waals surface area (Å²) in [7, 11) is 0. The standard InChI is InChI=1S/C9H11Cl3N2OS/c1-4-3-14-7(15)6(13)8(14)16-5(4)2-9(10,11)12/h3,5-6,8H,2,13H2,1H3/t5?,6?,8-/m1/s1. The van der Waals surface area contributed by atoms with Gasteiger partial charge in [-0.2, -0.15) is 0 Å². The molecule has 0 aromatic rings. The first-order valence-corrected chi connectivity index (χ1v) is 6.85. The van der Waals surface area contributed by atoms with Gasteiger partial charge in [-0.25, -0.2) is 0 Å². The molecule has 0 spiro atoms. The molecule has 2 heterocycles. The lowest BCUT2D eigenvalue weighted by atomic mass is 10.1. The number of thioether (sulfide) groups is 1. The Morgan fingerprint density at radius 1 is 1.56 bits per heavy atom. The summed E-state index contributed by atoms with van der Waals surface area (Å²) in [4.78, 5) is 13.1. The average Bonchev–Trinajstić information content (AvgIpc) is 2.18. The molecule has 2 N–H and O–H groups in total. The van der Waals surface area contributed by atoms with Gasteiger partial charge in [0.05, 0.1) is 0 Å². The zero-order chi connectivity index (χ0) is 12.1. The molecule has 2 rings (SSSR count). The third kappa shape index (κ3) is 2.31. The average molecular weight is 302 g/mol. The smallest absolute Gasteiger partial charge is 0.247 e. The second kappa shape index (κ2) is 4.25. The largest absolute Gasteiger partial charge is 0.317 e. The Morgan fingerprint density at radius 2 is 2.19 bits per heavy atom. The zero-order valence-corrected chi connectivity index (χ0v) is 11.6. The topological polar surface area (TPSA) is 46.3 Å². The summed E-state index contributed by atoms with van der Waals surface area (Å²) in [5, 5.41) is 0.0986. The molecule has 0 bridgehead atoms. The summed E-state index contributed by atoms with van der Waals surface area (Å²) in [5.74, 6) is -0.0378. The first-order valence-electron chi connectivity index (χ1n) is 4.78. The van der Waals surface area contributed by atoms with Crippen molar-refractivity contribution in [1.29, 1.82) is 0 Å². The monoisotopic (exact) mass is 300 g/mol. The zero-order valence-electron chi connectivity index (χ0n) is 8.49. The maximum atomic E-state index is 11.4. The molecule has 0 saturated carbocycles. The van der Waals surface area contributed by atoms with E-state index in [0.29, 0.717) is 6.42 Å². The van der Waals surface area contributed by atoms with Crippen molar-refractivity contribution in [3.63, 3.8) is 0 Å². The van der Waals surface area contributed by atoms with E-state index in [0.717, 1.165) is 5.57 Å². The number of hydrogen-bond acceptors (Lipinski definition) is 3. The third-order valence-corrected chi connectivity index (χ3v) is 4.82. The lowest BCUT2D eigenvalue weighted by molar-refractivity contribution is -0.140. The van der Waals surface area contributed by atoms with Crippen molar-refractivity contribution >= 4 is 52.5 Å². The van der Waals surface area contributed by atoms with Gasteiger partial charge in [-0.15, -0.1) is 11.8 Å². The van der Waals surface area contributed by atoms with Crippen LogP contribution in [0.15, 0.2) is 11.8 Å². The van der Waals surface area contributed by atoms with Crippen molar-refractivity contribution < 1.29 is 4.79 Å². The van der Waals surface area contributed by atoms with Crippen molar-refractivity contribution in [2.24, 2.45) is 5.73 Å². The SMILES string of the molecule is CC1=CN2C(=O)C(N)[C@H]2SC1CC(Cl)(Cl)Cl. The van der Waals surface area contributed by atoms with E-state index in [1.807, 2.05) is 13.1 Å². The first-order chi connectivity index (χ1) is 7.29. The van der Waals surface area contributed by atoms with Crippen LogP contribution < -0.4 is 5.73 Å². The fourth-order valence-corrected chi connectivity index (χ4v) is 4.07. The predicted molar refractivity (Wildman–Crippen MR) is 68.7 cm³/mol. The molecule has 0 aromatic heterocycles. The van der Waals surface area contributed by atoms with Crippen LogP contribution in [-0.2, 0) is 4.79 Å².